The van der Waals surface area contributed by atoms with E-state index in [1.165, 1.54) is 0 Å². The van der Waals surface area contributed by atoms with Crippen LogP contribution in [0, 0.1) is 5.92 Å². The van der Waals surface area contributed by atoms with E-state index >= 15 is 0 Å². The molecule has 2 aromatic carbocycles. The van der Waals surface area contributed by atoms with Crippen molar-refractivity contribution in [3.05, 3.63) is 60.7 Å². The van der Waals surface area contributed by atoms with Crippen molar-refractivity contribution in [1.82, 2.24) is 10.3 Å². The third kappa shape index (κ3) is 4.06. The molecule has 5 heteroatoms. The number of nitrogens with zero attached hydrogens (tertiary/aromatic N) is 2. The Bertz CT molecular complexity index is 653. The van der Waals surface area contributed by atoms with Crippen LogP contribution < -0.4 is 10.4 Å². The molecule has 5 nitrogen and oxygen atoms in total. The quantitative estimate of drug-likeness (QED) is 0.717. The van der Waals surface area contributed by atoms with Crippen molar-refractivity contribution in [3.8, 4) is 0 Å². The van der Waals surface area contributed by atoms with Crippen molar-refractivity contribution < 1.29 is 9.90 Å². The molecule has 2 atom stereocenters. The third-order valence-electron chi connectivity index (χ3n) is 4.82. The van der Waals surface area contributed by atoms with Gasteiger partial charge in [-0.1, -0.05) is 49.7 Å². The van der Waals surface area contributed by atoms with Crippen molar-refractivity contribution in [2.75, 3.05) is 24.7 Å². The second kappa shape index (κ2) is 8.83. The van der Waals surface area contributed by atoms with Crippen LogP contribution in [0.1, 0.15) is 19.8 Å². The molecule has 1 fully saturated rings. The van der Waals surface area contributed by atoms with E-state index in [0.717, 1.165) is 24.2 Å². The average Bonchev–Trinajstić information content (AvgIpc) is 2.97. The number of rotatable bonds is 8. The Morgan fingerprint density at radius 2 is 1.65 bits per heavy atom. The highest BCUT2D eigenvalue weighted by Crippen LogP contribution is 2.28. The Morgan fingerprint density at radius 3 is 2.15 bits per heavy atom. The number of carbonyl (C=O) groups excluding carboxylic acids is 1. The second-order valence-electron chi connectivity index (χ2n) is 6.65. The van der Waals surface area contributed by atoms with E-state index in [1.807, 2.05) is 36.4 Å². The Morgan fingerprint density at radius 1 is 1.08 bits per heavy atom. The number of β-amino-alcohol motifs (C(OH)–C–C–N with tert-alkyl or cyclic N) is 1. The van der Waals surface area contributed by atoms with Crippen molar-refractivity contribution in [1.29, 1.82) is 0 Å². The molecule has 3 rings (SSSR count). The number of hydrazine groups is 1. The molecular formula is C21H27N3O2. The predicted octanol–water partition coefficient (Wildman–Crippen LogP) is 2.95. The molecule has 0 spiro atoms. The number of carbonyl (C=O) groups is 1. The van der Waals surface area contributed by atoms with Crippen LogP contribution in [0.3, 0.4) is 0 Å². The third-order valence-corrected chi connectivity index (χ3v) is 4.82. The van der Waals surface area contributed by atoms with Crippen LogP contribution in [0.5, 0.6) is 0 Å². The van der Waals surface area contributed by atoms with E-state index in [4.69, 9.17) is 0 Å². The molecule has 0 aliphatic carbocycles. The Hall–Kier alpha value is -2.37. The summed E-state index contributed by atoms with van der Waals surface area (Å²) in [5.74, 6) is 0.0703. The van der Waals surface area contributed by atoms with E-state index in [2.05, 4.69) is 41.6 Å². The minimum atomic E-state index is -0.0681. The highest BCUT2D eigenvalue weighted by atomic mass is 16.3. The van der Waals surface area contributed by atoms with Gasteiger partial charge in [0.25, 0.3) is 0 Å². The zero-order valence-corrected chi connectivity index (χ0v) is 15.2. The zero-order valence-electron chi connectivity index (χ0n) is 15.2. The molecule has 0 aromatic heterocycles. The fourth-order valence-electron chi connectivity index (χ4n) is 3.57. The van der Waals surface area contributed by atoms with Crippen molar-refractivity contribution >= 4 is 17.3 Å². The lowest BCUT2D eigenvalue weighted by molar-refractivity contribution is -0.131. The van der Waals surface area contributed by atoms with Crippen LogP contribution in [0.2, 0.25) is 0 Å². The number of amides is 1. The summed E-state index contributed by atoms with van der Waals surface area (Å²) in [6.07, 6.45) is 1.80. The molecule has 0 unspecified atom stereocenters. The molecule has 1 heterocycles. The lowest BCUT2D eigenvalue weighted by atomic mass is 9.98. The molecule has 0 radical (unpaired) electrons. The molecule has 1 saturated heterocycles. The van der Waals surface area contributed by atoms with Gasteiger partial charge in [-0.25, -0.2) is 5.43 Å². The van der Waals surface area contributed by atoms with Gasteiger partial charge in [0.05, 0.1) is 29.9 Å². The predicted molar refractivity (Wildman–Crippen MR) is 104 cm³/mol. The fraction of sp³-hybridized carbons (Fsp3) is 0.381. The SMILES string of the molecule is CCC[C@@H]1C(=O)N(CCO)C[C@H]1NN(c1ccccc1)c1ccccc1. The van der Waals surface area contributed by atoms with Crippen LogP contribution in [0.25, 0.3) is 0 Å². The Labute approximate surface area is 155 Å². The molecule has 2 N–H and O–H groups in total. The van der Waals surface area contributed by atoms with Gasteiger partial charge in [0.1, 0.15) is 0 Å². The van der Waals surface area contributed by atoms with Gasteiger partial charge >= 0.3 is 0 Å². The first-order valence-corrected chi connectivity index (χ1v) is 9.30. The summed E-state index contributed by atoms with van der Waals surface area (Å²) in [6.45, 7) is 3.11. The molecule has 1 amide bonds. The van der Waals surface area contributed by atoms with Gasteiger partial charge in [0.2, 0.25) is 5.91 Å². The Balaban J connectivity index is 1.87. The minimum absolute atomic E-state index is 0.00160. The summed E-state index contributed by atoms with van der Waals surface area (Å²) in [5.41, 5.74) is 5.65. The molecular weight excluding hydrogens is 326 g/mol. The maximum absolute atomic E-state index is 12.7. The maximum Gasteiger partial charge on any atom is 0.227 e. The normalized spacial score (nSPS) is 19.8. The molecule has 2 aromatic rings. The van der Waals surface area contributed by atoms with E-state index in [9.17, 15) is 9.90 Å². The molecule has 0 bridgehead atoms. The standard InChI is InChI=1S/C21H27N3O2/c1-2-9-19-20(16-23(14-15-25)21(19)26)22-24(17-10-5-3-6-11-17)18-12-7-4-8-13-18/h3-8,10-13,19-20,22,25H,2,9,14-16H2,1H3/t19-,20+/m0/s1. The number of hydrogen-bond acceptors (Lipinski definition) is 4. The largest absolute Gasteiger partial charge is 0.395 e. The highest BCUT2D eigenvalue weighted by Gasteiger charge is 2.40. The Kier molecular flexibility index (Phi) is 6.26. The second-order valence-corrected chi connectivity index (χ2v) is 6.65. The van der Waals surface area contributed by atoms with Gasteiger partial charge < -0.3 is 10.0 Å². The zero-order chi connectivity index (χ0) is 18.4. The maximum atomic E-state index is 12.7. The molecule has 1 aliphatic rings. The summed E-state index contributed by atoms with van der Waals surface area (Å²) >= 11 is 0. The number of benzene rings is 2. The van der Waals surface area contributed by atoms with Crippen molar-refractivity contribution in [2.24, 2.45) is 5.92 Å². The van der Waals surface area contributed by atoms with Crippen LogP contribution in [0.4, 0.5) is 11.4 Å². The number of hydrogen-bond donors (Lipinski definition) is 2. The van der Waals surface area contributed by atoms with Crippen LogP contribution in [0.15, 0.2) is 60.7 Å². The summed E-state index contributed by atoms with van der Waals surface area (Å²) in [6, 6.07) is 20.2. The van der Waals surface area contributed by atoms with Crippen LogP contribution in [-0.2, 0) is 4.79 Å². The minimum Gasteiger partial charge on any atom is -0.395 e. The summed E-state index contributed by atoms with van der Waals surface area (Å²) in [4.78, 5) is 14.5. The number of aliphatic hydroxyl groups excluding tert-OH is 1. The topological polar surface area (TPSA) is 55.8 Å². The van der Waals surface area contributed by atoms with E-state index in [0.29, 0.717) is 13.1 Å². The fourth-order valence-corrected chi connectivity index (χ4v) is 3.57. The average molecular weight is 353 g/mol. The summed E-state index contributed by atoms with van der Waals surface area (Å²) in [7, 11) is 0. The van der Waals surface area contributed by atoms with E-state index in [1.54, 1.807) is 4.90 Å². The van der Waals surface area contributed by atoms with Gasteiger partial charge in [-0.2, -0.15) is 0 Å². The monoisotopic (exact) mass is 353 g/mol. The van der Waals surface area contributed by atoms with Gasteiger partial charge in [-0.05, 0) is 30.7 Å². The first-order chi connectivity index (χ1) is 12.7. The van der Waals surface area contributed by atoms with Crippen LogP contribution >= 0.6 is 0 Å². The first-order valence-electron chi connectivity index (χ1n) is 9.30. The van der Waals surface area contributed by atoms with E-state index < -0.39 is 0 Å². The lowest BCUT2D eigenvalue weighted by Gasteiger charge is -2.30. The number of nitrogens with one attached hydrogen (secondary N) is 1. The first kappa shape index (κ1) is 18.4. The summed E-state index contributed by atoms with van der Waals surface area (Å²) < 4.78 is 0. The van der Waals surface area contributed by atoms with Crippen LogP contribution in [-0.4, -0.2) is 41.7 Å². The number of para-hydroxylation sites is 2. The molecule has 0 saturated carbocycles. The van der Waals surface area contributed by atoms with Gasteiger partial charge in [-0.3, -0.25) is 9.80 Å². The number of likely N-dealkylation sites (tertiary alicyclic amines) is 1. The number of aliphatic hydroxyl groups is 1. The lowest BCUT2D eigenvalue weighted by Crippen LogP contribution is -2.46. The molecule has 1 aliphatic heterocycles. The number of anilines is 2. The highest BCUT2D eigenvalue weighted by molar-refractivity contribution is 5.82. The van der Waals surface area contributed by atoms with Crippen molar-refractivity contribution in [2.45, 2.75) is 25.8 Å². The van der Waals surface area contributed by atoms with E-state index in [-0.39, 0.29) is 24.5 Å². The molecule has 138 valence electrons. The smallest absolute Gasteiger partial charge is 0.227 e. The van der Waals surface area contributed by atoms with Gasteiger partial charge in [-0.15, -0.1) is 0 Å². The van der Waals surface area contributed by atoms with Gasteiger partial charge in [0.15, 0.2) is 0 Å². The van der Waals surface area contributed by atoms with Crippen molar-refractivity contribution in [3.63, 3.8) is 0 Å². The molecule has 26 heavy (non-hydrogen) atoms. The summed E-state index contributed by atoms with van der Waals surface area (Å²) in [5, 5.41) is 11.3. The van der Waals surface area contributed by atoms with Gasteiger partial charge in [0, 0.05) is 13.1 Å².